The Labute approximate surface area is 101 Å². The average molecular weight is 224 g/mol. The molecular formula is C15H28O. The molecule has 0 amide bonds. The Hall–Kier alpha value is -0.330. The zero-order chi connectivity index (χ0) is 12.1. The van der Waals surface area contributed by atoms with Gasteiger partial charge in [0.05, 0.1) is 0 Å². The van der Waals surface area contributed by atoms with Crippen molar-refractivity contribution in [2.75, 3.05) is 0 Å². The molecule has 1 nitrogen and oxygen atoms in total. The minimum absolute atomic E-state index is 0.394. The number of Topliss-reactive ketones (excluding diaryl/α,β-unsaturated/α-hetero) is 1. The normalized spacial score (nSPS) is 26.4. The molecule has 1 heteroatoms. The molecule has 0 radical (unpaired) electrons. The second kappa shape index (κ2) is 6.42. The van der Waals surface area contributed by atoms with Crippen LogP contribution in [0.2, 0.25) is 0 Å². The highest BCUT2D eigenvalue weighted by atomic mass is 16.1. The number of hydrogen-bond acceptors (Lipinski definition) is 1. The van der Waals surface area contributed by atoms with Crippen LogP contribution in [0.1, 0.15) is 66.2 Å². The number of rotatable bonds is 5. The Morgan fingerprint density at radius 1 is 1.00 bits per heavy atom. The first-order valence-corrected chi connectivity index (χ1v) is 7.01. The fourth-order valence-corrected chi connectivity index (χ4v) is 2.96. The SMILES string of the molecule is CC(C)CC(=O)C1CCC(CC(C)C)CC1. The molecule has 0 saturated heterocycles. The molecule has 1 aliphatic carbocycles. The molecule has 0 aliphatic heterocycles. The van der Waals surface area contributed by atoms with Crippen molar-refractivity contribution in [3.63, 3.8) is 0 Å². The summed E-state index contributed by atoms with van der Waals surface area (Å²) in [6, 6.07) is 0. The highest BCUT2D eigenvalue weighted by Crippen LogP contribution is 2.33. The fourth-order valence-electron chi connectivity index (χ4n) is 2.96. The van der Waals surface area contributed by atoms with E-state index in [1.807, 2.05) is 0 Å². The van der Waals surface area contributed by atoms with E-state index in [1.165, 1.54) is 19.3 Å². The van der Waals surface area contributed by atoms with Gasteiger partial charge in [0.2, 0.25) is 0 Å². The highest BCUT2D eigenvalue weighted by Gasteiger charge is 2.26. The van der Waals surface area contributed by atoms with Gasteiger partial charge in [0.25, 0.3) is 0 Å². The molecule has 94 valence electrons. The van der Waals surface area contributed by atoms with E-state index in [9.17, 15) is 4.79 Å². The zero-order valence-electron chi connectivity index (χ0n) is 11.5. The fraction of sp³-hybridized carbons (Fsp3) is 0.933. The van der Waals surface area contributed by atoms with Crippen molar-refractivity contribution < 1.29 is 4.79 Å². The van der Waals surface area contributed by atoms with E-state index in [2.05, 4.69) is 27.7 Å². The van der Waals surface area contributed by atoms with Gasteiger partial charge in [-0.15, -0.1) is 0 Å². The van der Waals surface area contributed by atoms with Gasteiger partial charge in [-0.05, 0) is 49.9 Å². The minimum Gasteiger partial charge on any atom is -0.299 e. The molecule has 0 aromatic rings. The number of carbonyl (C=O) groups excluding carboxylic acids is 1. The lowest BCUT2D eigenvalue weighted by molar-refractivity contribution is -0.124. The molecule has 0 atom stereocenters. The third-order valence-corrected chi connectivity index (χ3v) is 3.72. The zero-order valence-corrected chi connectivity index (χ0v) is 11.5. The molecule has 1 aliphatic rings. The predicted octanol–water partition coefficient (Wildman–Crippen LogP) is 4.45. The summed E-state index contributed by atoms with van der Waals surface area (Å²) in [5.41, 5.74) is 0. The van der Waals surface area contributed by atoms with Crippen molar-refractivity contribution in [2.24, 2.45) is 23.7 Å². The van der Waals surface area contributed by atoms with Crippen molar-refractivity contribution in [3.05, 3.63) is 0 Å². The van der Waals surface area contributed by atoms with Gasteiger partial charge in [0.1, 0.15) is 5.78 Å². The summed E-state index contributed by atoms with van der Waals surface area (Å²) in [6.07, 6.45) is 7.02. The molecule has 1 rings (SSSR count). The minimum atomic E-state index is 0.394. The van der Waals surface area contributed by atoms with Crippen molar-refractivity contribution in [3.8, 4) is 0 Å². The van der Waals surface area contributed by atoms with Crippen LogP contribution in [0.25, 0.3) is 0 Å². The van der Waals surface area contributed by atoms with Crippen molar-refractivity contribution in [2.45, 2.75) is 66.2 Å². The second-order valence-electron chi connectivity index (χ2n) is 6.41. The Morgan fingerprint density at radius 3 is 2.00 bits per heavy atom. The molecule has 1 saturated carbocycles. The van der Waals surface area contributed by atoms with Gasteiger partial charge in [-0.25, -0.2) is 0 Å². The number of ketones is 1. The average Bonchev–Trinajstić information content (AvgIpc) is 2.16. The van der Waals surface area contributed by atoms with Gasteiger partial charge in [-0.2, -0.15) is 0 Å². The standard InChI is InChI=1S/C15H28O/c1-11(2)9-13-5-7-14(8-6-13)15(16)10-12(3)4/h11-14H,5-10H2,1-4H3. The van der Waals surface area contributed by atoms with Gasteiger partial charge in [-0.3, -0.25) is 4.79 Å². The molecule has 0 unspecified atom stereocenters. The molecule has 0 N–H and O–H groups in total. The maximum atomic E-state index is 11.9. The van der Waals surface area contributed by atoms with E-state index in [1.54, 1.807) is 0 Å². The van der Waals surface area contributed by atoms with Crippen LogP contribution in [0.3, 0.4) is 0 Å². The van der Waals surface area contributed by atoms with Crippen molar-refractivity contribution >= 4 is 5.78 Å². The number of carbonyl (C=O) groups is 1. The van der Waals surface area contributed by atoms with Crippen LogP contribution in [-0.4, -0.2) is 5.78 Å². The van der Waals surface area contributed by atoms with Crippen LogP contribution in [-0.2, 0) is 4.79 Å². The molecule has 0 aromatic heterocycles. The van der Waals surface area contributed by atoms with Crippen LogP contribution >= 0.6 is 0 Å². The van der Waals surface area contributed by atoms with Gasteiger partial charge < -0.3 is 0 Å². The summed E-state index contributed by atoms with van der Waals surface area (Å²) in [5.74, 6) is 3.15. The van der Waals surface area contributed by atoms with E-state index < -0.39 is 0 Å². The summed E-state index contributed by atoms with van der Waals surface area (Å²) >= 11 is 0. The van der Waals surface area contributed by atoms with E-state index in [0.29, 0.717) is 17.6 Å². The van der Waals surface area contributed by atoms with E-state index >= 15 is 0 Å². The molecule has 0 bridgehead atoms. The Kier molecular flexibility index (Phi) is 5.51. The Bertz CT molecular complexity index is 209. The Balaban J connectivity index is 2.28. The molecular weight excluding hydrogens is 196 g/mol. The maximum absolute atomic E-state index is 11.9. The molecule has 0 aromatic carbocycles. The lowest BCUT2D eigenvalue weighted by atomic mass is 9.76. The van der Waals surface area contributed by atoms with Crippen LogP contribution in [0.4, 0.5) is 0 Å². The summed E-state index contributed by atoms with van der Waals surface area (Å²) in [7, 11) is 0. The number of hydrogen-bond donors (Lipinski definition) is 0. The third-order valence-electron chi connectivity index (χ3n) is 3.72. The highest BCUT2D eigenvalue weighted by molar-refractivity contribution is 5.81. The summed E-state index contributed by atoms with van der Waals surface area (Å²) in [4.78, 5) is 11.9. The van der Waals surface area contributed by atoms with Crippen LogP contribution in [0, 0.1) is 23.7 Å². The molecule has 1 fully saturated rings. The molecule has 16 heavy (non-hydrogen) atoms. The quantitative estimate of drug-likeness (QED) is 0.674. The topological polar surface area (TPSA) is 17.1 Å². The summed E-state index contributed by atoms with van der Waals surface area (Å²) in [5, 5.41) is 0. The first-order chi connectivity index (χ1) is 7.49. The Morgan fingerprint density at radius 2 is 1.56 bits per heavy atom. The van der Waals surface area contributed by atoms with Crippen molar-refractivity contribution in [1.29, 1.82) is 0 Å². The lowest BCUT2D eigenvalue weighted by Crippen LogP contribution is -2.23. The molecule has 0 heterocycles. The van der Waals surface area contributed by atoms with Crippen LogP contribution in [0.15, 0.2) is 0 Å². The maximum Gasteiger partial charge on any atom is 0.136 e. The third kappa shape index (κ3) is 4.67. The van der Waals surface area contributed by atoms with Gasteiger partial charge >= 0.3 is 0 Å². The van der Waals surface area contributed by atoms with Crippen LogP contribution in [0.5, 0.6) is 0 Å². The summed E-state index contributed by atoms with van der Waals surface area (Å²) < 4.78 is 0. The summed E-state index contributed by atoms with van der Waals surface area (Å²) in [6.45, 7) is 8.89. The van der Waals surface area contributed by atoms with Crippen molar-refractivity contribution in [1.82, 2.24) is 0 Å². The van der Waals surface area contributed by atoms with Gasteiger partial charge in [-0.1, -0.05) is 27.7 Å². The second-order valence-corrected chi connectivity index (χ2v) is 6.41. The van der Waals surface area contributed by atoms with Gasteiger partial charge in [0.15, 0.2) is 0 Å². The first kappa shape index (κ1) is 13.7. The van der Waals surface area contributed by atoms with Crippen LogP contribution < -0.4 is 0 Å². The predicted molar refractivity (Wildman–Crippen MR) is 69.4 cm³/mol. The van der Waals surface area contributed by atoms with Gasteiger partial charge in [0, 0.05) is 12.3 Å². The smallest absolute Gasteiger partial charge is 0.136 e. The van der Waals surface area contributed by atoms with E-state index in [-0.39, 0.29) is 0 Å². The lowest BCUT2D eigenvalue weighted by Gasteiger charge is -2.29. The van der Waals surface area contributed by atoms with E-state index in [0.717, 1.165) is 31.1 Å². The van der Waals surface area contributed by atoms with E-state index in [4.69, 9.17) is 0 Å². The largest absolute Gasteiger partial charge is 0.299 e. The first-order valence-electron chi connectivity index (χ1n) is 7.01. The molecule has 0 spiro atoms. The monoisotopic (exact) mass is 224 g/mol.